The van der Waals surface area contributed by atoms with Gasteiger partial charge in [0.15, 0.2) is 0 Å². The van der Waals surface area contributed by atoms with Crippen LogP contribution in [0.25, 0.3) is 0 Å². The summed E-state index contributed by atoms with van der Waals surface area (Å²) in [6.07, 6.45) is 1.15. The van der Waals surface area contributed by atoms with Gasteiger partial charge in [-0.05, 0) is 48.4 Å². The van der Waals surface area contributed by atoms with Crippen LogP contribution in [0.5, 0.6) is 0 Å². The molecule has 3 heteroatoms. The summed E-state index contributed by atoms with van der Waals surface area (Å²) in [5.74, 6) is 0. The van der Waals surface area contributed by atoms with Gasteiger partial charge in [0.05, 0.1) is 0 Å². The first-order valence-electron chi connectivity index (χ1n) is 6.99. The predicted molar refractivity (Wildman–Crippen MR) is 87.9 cm³/mol. The van der Waals surface area contributed by atoms with Crippen molar-refractivity contribution in [2.75, 3.05) is 18.9 Å². The van der Waals surface area contributed by atoms with Crippen LogP contribution in [0.4, 0.5) is 5.69 Å². The van der Waals surface area contributed by atoms with E-state index in [-0.39, 0.29) is 0 Å². The molecule has 1 aliphatic heterocycles. The third-order valence-electron chi connectivity index (χ3n) is 3.70. The Morgan fingerprint density at radius 1 is 1.05 bits per heavy atom. The number of hydrogen-bond donors (Lipinski definition) is 1. The van der Waals surface area contributed by atoms with E-state index in [1.165, 1.54) is 22.4 Å². The average Bonchev–Trinajstić information content (AvgIpc) is 2.89. The van der Waals surface area contributed by atoms with E-state index in [2.05, 4.69) is 75.7 Å². The minimum Gasteiger partial charge on any atom is -0.384 e. The molecule has 104 valence electrons. The molecule has 0 fully saturated rings. The highest BCUT2D eigenvalue weighted by molar-refractivity contribution is 9.10. The average molecular weight is 331 g/mol. The summed E-state index contributed by atoms with van der Waals surface area (Å²) in [5.41, 5.74) is 5.51. The number of hydrogen-bond acceptors (Lipinski definition) is 2. The quantitative estimate of drug-likeness (QED) is 0.909. The summed E-state index contributed by atoms with van der Waals surface area (Å²) in [6, 6.07) is 15.3. The van der Waals surface area contributed by atoms with Gasteiger partial charge in [-0.1, -0.05) is 40.2 Å². The first-order valence-corrected chi connectivity index (χ1v) is 7.79. The Kier molecular flexibility index (Phi) is 4.08. The molecular weight excluding hydrogens is 312 g/mol. The van der Waals surface area contributed by atoms with Crippen LogP contribution in [0.15, 0.2) is 46.9 Å². The summed E-state index contributed by atoms with van der Waals surface area (Å²) in [5, 5.41) is 3.41. The molecule has 0 amide bonds. The topological polar surface area (TPSA) is 15.3 Å². The molecule has 2 aromatic carbocycles. The lowest BCUT2D eigenvalue weighted by molar-refractivity contribution is 0.319. The maximum Gasteiger partial charge on any atom is 0.0373 e. The highest BCUT2D eigenvalue weighted by Crippen LogP contribution is 2.23. The minimum absolute atomic E-state index is 0.975. The van der Waals surface area contributed by atoms with Gasteiger partial charge < -0.3 is 5.32 Å². The third kappa shape index (κ3) is 3.22. The van der Waals surface area contributed by atoms with Gasteiger partial charge in [-0.3, -0.25) is 4.90 Å². The van der Waals surface area contributed by atoms with Gasteiger partial charge >= 0.3 is 0 Å². The SMILES string of the molecule is CN(Cc1ccc(Br)cc1)Cc1ccc2c(c1)CCN2. The second kappa shape index (κ2) is 5.98. The third-order valence-corrected chi connectivity index (χ3v) is 4.23. The van der Waals surface area contributed by atoms with E-state index in [1.807, 2.05) is 0 Å². The molecule has 2 aromatic rings. The molecule has 0 aliphatic carbocycles. The van der Waals surface area contributed by atoms with Gasteiger partial charge in [-0.15, -0.1) is 0 Å². The molecule has 0 spiro atoms. The fourth-order valence-corrected chi connectivity index (χ4v) is 2.99. The molecule has 0 saturated carbocycles. The van der Waals surface area contributed by atoms with Gasteiger partial charge in [0.25, 0.3) is 0 Å². The molecule has 0 unspecified atom stereocenters. The molecule has 3 rings (SSSR count). The van der Waals surface area contributed by atoms with E-state index in [0.29, 0.717) is 0 Å². The molecule has 2 nitrogen and oxygen atoms in total. The molecule has 20 heavy (non-hydrogen) atoms. The molecule has 0 bridgehead atoms. The molecule has 1 N–H and O–H groups in total. The monoisotopic (exact) mass is 330 g/mol. The molecule has 1 aliphatic rings. The van der Waals surface area contributed by atoms with Crippen LogP contribution < -0.4 is 5.32 Å². The smallest absolute Gasteiger partial charge is 0.0373 e. The van der Waals surface area contributed by atoms with Crippen LogP contribution >= 0.6 is 15.9 Å². The van der Waals surface area contributed by atoms with Crippen molar-refractivity contribution in [3.8, 4) is 0 Å². The van der Waals surface area contributed by atoms with Gasteiger partial charge in [0, 0.05) is 29.8 Å². The minimum atomic E-state index is 0.975. The van der Waals surface area contributed by atoms with Gasteiger partial charge in [-0.25, -0.2) is 0 Å². The number of halogens is 1. The Labute approximate surface area is 128 Å². The Bertz CT molecular complexity index is 592. The van der Waals surface area contributed by atoms with Crippen molar-refractivity contribution in [3.63, 3.8) is 0 Å². The van der Waals surface area contributed by atoms with Crippen molar-refractivity contribution in [3.05, 3.63) is 63.6 Å². The molecule has 1 heterocycles. The van der Waals surface area contributed by atoms with Crippen molar-refractivity contribution < 1.29 is 0 Å². The number of anilines is 1. The summed E-state index contributed by atoms with van der Waals surface area (Å²) in [6.45, 7) is 3.04. The molecule has 0 radical (unpaired) electrons. The van der Waals surface area contributed by atoms with Crippen LogP contribution in [0.2, 0.25) is 0 Å². The maximum absolute atomic E-state index is 3.47. The number of nitrogens with zero attached hydrogens (tertiary/aromatic N) is 1. The first kappa shape index (κ1) is 13.7. The van der Waals surface area contributed by atoms with E-state index >= 15 is 0 Å². The summed E-state index contributed by atoms with van der Waals surface area (Å²) in [7, 11) is 2.17. The Balaban J connectivity index is 1.63. The van der Waals surface area contributed by atoms with E-state index in [0.717, 1.165) is 30.5 Å². The fourth-order valence-electron chi connectivity index (χ4n) is 2.73. The van der Waals surface area contributed by atoms with Crippen LogP contribution in [0.3, 0.4) is 0 Å². The van der Waals surface area contributed by atoms with Crippen molar-refractivity contribution in [1.29, 1.82) is 0 Å². The molecule has 0 aromatic heterocycles. The van der Waals surface area contributed by atoms with Crippen molar-refractivity contribution in [1.82, 2.24) is 4.90 Å². The van der Waals surface area contributed by atoms with Crippen LogP contribution in [-0.4, -0.2) is 18.5 Å². The highest BCUT2D eigenvalue weighted by Gasteiger charge is 2.10. The van der Waals surface area contributed by atoms with Crippen molar-refractivity contribution in [2.45, 2.75) is 19.5 Å². The van der Waals surface area contributed by atoms with Crippen molar-refractivity contribution >= 4 is 21.6 Å². The Hall–Kier alpha value is -1.32. The van der Waals surface area contributed by atoms with Crippen molar-refractivity contribution in [2.24, 2.45) is 0 Å². The summed E-state index contributed by atoms with van der Waals surface area (Å²) < 4.78 is 1.13. The zero-order valence-electron chi connectivity index (χ0n) is 11.7. The summed E-state index contributed by atoms with van der Waals surface area (Å²) in [4.78, 5) is 2.35. The van der Waals surface area contributed by atoms with E-state index in [1.54, 1.807) is 0 Å². The lowest BCUT2D eigenvalue weighted by Crippen LogP contribution is -2.17. The largest absolute Gasteiger partial charge is 0.384 e. The van der Waals surface area contributed by atoms with E-state index in [9.17, 15) is 0 Å². The van der Waals surface area contributed by atoms with Crippen LogP contribution in [0, 0.1) is 0 Å². The zero-order valence-corrected chi connectivity index (χ0v) is 13.3. The van der Waals surface area contributed by atoms with Crippen LogP contribution in [0.1, 0.15) is 16.7 Å². The molecular formula is C17H19BrN2. The Morgan fingerprint density at radius 3 is 2.55 bits per heavy atom. The fraction of sp³-hybridized carbons (Fsp3) is 0.294. The lowest BCUT2D eigenvalue weighted by atomic mass is 10.1. The van der Waals surface area contributed by atoms with Gasteiger partial charge in [-0.2, -0.15) is 0 Å². The normalized spacial score (nSPS) is 13.3. The van der Waals surface area contributed by atoms with Gasteiger partial charge in [0.1, 0.15) is 0 Å². The predicted octanol–water partition coefficient (Wildman–Crippen LogP) is 4.05. The van der Waals surface area contributed by atoms with Gasteiger partial charge in [0.2, 0.25) is 0 Å². The maximum atomic E-state index is 3.47. The molecule has 0 atom stereocenters. The molecule has 0 saturated heterocycles. The Morgan fingerprint density at radius 2 is 1.75 bits per heavy atom. The van der Waals surface area contributed by atoms with E-state index < -0.39 is 0 Å². The lowest BCUT2D eigenvalue weighted by Gasteiger charge is -2.17. The number of nitrogens with one attached hydrogen (secondary N) is 1. The first-order chi connectivity index (χ1) is 9.70. The number of rotatable bonds is 4. The number of fused-ring (bicyclic) bond motifs is 1. The standard InChI is InChI=1S/C17H19BrN2/c1-20(11-13-2-5-16(18)6-3-13)12-14-4-7-17-15(10-14)8-9-19-17/h2-7,10,19H,8-9,11-12H2,1H3. The second-order valence-corrected chi connectivity index (χ2v) is 6.38. The van der Waals surface area contributed by atoms with Crippen LogP contribution in [-0.2, 0) is 19.5 Å². The highest BCUT2D eigenvalue weighted by atomic mass is 79.9. The number of benzene rings is 2. The second-order valence-electron chi connectivity index (χ2n) is 5.47. The summed E-state index contributed by atoms with van der Waals surface area (Å²) >= 11 is 3.47. The zero-order chi connectivity index (χ0) is 13.9. The van der Waals surface area contributed by atoms with E-state index in [4.69, 9.17) is 0 Å².